The van der Waals surface area contributed by atoms with Crippen molar-refractivity contribution in [1.29, 1.82) is 0 Å². The highest BCUT2D eigenvalue weighted by atomic mass is 32.2. The summed E-state index contributed by atoms with van der Waals surface area (Å²) in [5, 5.41) is 0. The molecule has 0 heterocycles. The number of amides is 1. The first-order chi connectivity index (χ1) is 3.72. The van der Waals surface area contributed by atoms with Gasteiger partial charge >= 0.3 is 6.41 Å². The van der Waals surface area contributed by atoms with Crippen molar-refractivity contribution in [3.8, 4) is 0 Å². The molecule has 0 aliphatic heterocycles. The molecule has 2 nitrogen and oxygen atoms in total. The van der Waals surface area contributed by atoms with E-state index in [9.17, 15) is 4.79 Å². The Labute approximate surface area is 54.4 Å². The average molecular weight is 132 g/mol. The summed E-state index contributed by atoms with van der Waals surface area (Å²) in [6.45, 7) is 3.89. The maximum atomic E-state index is 9.96. The molecule has 0 N–H and O–H groups in total. The molecule has 0 aromatic rings. The third-order valence-electron chi connectivity index (χ3n) is 0.756. The van der Waals surface area contributed by atoms with Crippen molar-refractivity contribution >= 4 is 18.4 Å². The molecule has 0 bridgehead atoms. The molecule has 0 atom stereocenters. The van der Waals surface area contributed by atoms with Crippen LogP contribution in [0.2, 0.25) is 0 Å². The Morgan fingerprint density at radius 3 is 2.12 bits per heavy atom. The first-order valence-corrected chi connectivity index (χ1v) is 3.61. The van der Waals surface area contributed by atoms with E-state index in [0.717, 1.165) is 0 Å². The van der Waals surface area contributed by atoms with E-state index in [0.29, 0.717) is 0 Å². The Balaban J connectivity index is 3.51. The van der Waals surface area contributed by atoms with Crippen molar-refractivity contribution in [2.75, 3.05) is 6.26 Å². The van der Waals surface area contributed by atoms with Gasteiger partial charge in [0.1, 0.15) is 0 Å². The largest absolute Gasteiger partial charge is 0.323 e. The fraction of sp³-hybridized carbons (Fsp3) is 0.800. The van der Waals surface area contributed by atoms with Crippen LogP contribution in [0.15, 0.2) is 0 Å². The zero-order valence-corrected chi connectivity index (χ0v) is 6.16. The molecule has 1 amide bonds. The van der Waals surface area contributed by atoms with Crippen molar-refractivity contribution in [3.63, 3.8) is 0 Å². The van der Waals surface area contributed by atoms with Crippen LogP contribution in [0.25, 0.3) is 0 Å². The molecule has 0 unspecified atom stereocenters. The average Bonchev–Trinajstić information content (AvgIpc) is 1.69. The summed E-state index contributed by atoms with van der Waals surface area (Å²) in [4.78, 5) is 9.96. The maximum absolute atomic E-state index is 9.96. The van der Waals surface area contributed by atoms with Gasteiger partial charge in [-0.15, -0.1) is 0 Å². The van der Waals surface area contributed by atoms with Crippen LogP contribution in [0.3, 0.4) is 0 Å². The first kappa shape index (κ1) is 7.82. The lowest BCUT2D eigenvalue weighted by Gasteiger charge is -2.15. The molecule has 0 aliphatic carbocycles. The van der Waals surface area contributed by atoms with Crippen molar-refractivity contribution < 1.29 is 4.79 Å². The fourth-order valence-corrected chi connectivity index (χ4v) is 0.850. The molecule has 8 heavy (non-hydrogen) atoms. The third kappa shape index (κ3) is 2.21. The summed E-state index contributed by atoms with van der Waals surface area (Å²) in [6, 6.07) is 0.252. The molecular weight excluding hydrogens is 122 g/mol. The number of rotatable bonds is 3. The third-order valence-corrected chi connectivity index (χ3v) is 1.65. The van der Waals surface area contributed by atoms with E-state index in [1.54, 1.807) is 6.41 Å². The zero-order valence-electron chi connectivity index (χ0n) is 5.34. The topological polar surface area (TPSA) is 20.3 Å². The minimum Gasteiger partial charge on any atom is -0.276 e. The van der Waals surface area contributed by atoms with Gasteiger partial charge in [0, 0.05) is 12.3 Å². The van der Waals surface area contributed by atoms with Gasteiger partial charge in [0.15, 0.2) is 0 Å². The Bertz CT molecular complexity index is 74.8. The van der Waals surface area contributed by atoms with Crippen molar-refractivity contribution in [3.05, 3.63) is 0 Å². The van der Waals surface area contributed by atoms with Crippen molar-refractivity contribution in [2.24, 2.45) is 0 Å². The number of hydrogen-bond acceptors (Lipinski definition) is 2. The summed E-state index contributed by atoms with van der Waals surface area (Å²) in [5.41, 5.74) is 0. The number of hydrogen-bond donors (Lipinski definition) is 0. The summed E-state index contributed by atoms with van der Waals surface area (Å²) in [6.07, 6.45) is 3.65. The van der Waals surface area contributed by atoms with Crippen LogP contribution >= 0.6 is 11.9 Å². The zero-order chi connectivity index (χ0) is 6.57. The normalized spacial score (nSPS) is 9.50. The van der Waals surface area contributed by atoms with Gasteiger partial charge in [-0.25, -0.2) is 0 Å². The Morgan fingerprint density at radius 2 is 2.12 bits per heavy atom. The van der Waals surface area contributed by atoms with Crippen LogP contribution in [0, 0.1) is 0 Å². The Morgan fingerprint density at radius 1 is 1.62 bits per heavy atom. The second-order valence-electron chi connectivity index (χ2n) is 1.69. The lowest BCUT2D eigenvalue weighted by molar-refractivity contribution is 0.468. The van der Waals surface area contributed by atoms with Gasteiger partial charge in [0.05, 0.1) is 0 Å². The van der Waals surface area contributed by atoms with Gasteiger partial charge in [-0.2, -0.15) is 0 Å². The van der Waals surface area contributed by atoms with Crippen LogP contribution in [0.1, 0.15) is 13.8 Å². The highest BCUT2D eigenvalue weighted by molar-refractivity contribution is 7.96. The van der Waals surface area contributed by atoms with E-state index >= 15 is 0 Å². The molecule has 0 fully saturated rings. The minimum absolute atomic E-state index is 0.252. The molecule has 0 aliphatic rings. The Hall–Kier alpha value is -0.180. The predicted octanol–water partition coefficient (Wildman–Crippen LogP) is 1.04. The quantitative estimate of drug-likeness (QED) is 0.422. The monoisotopic (exact) mass is 132 g/mol. The second-order valence-corrected chi connectivity index (χ2v) is 2.45. The number of carbonyl (C=O) groups excluding carboxylic acids is 1. The number of nitrogens with zero attached hydrogens (tertiary/aromatic N) is 1. The molecule has 3 heteroatoms. The summed E-state index contributed by atoms with van der Waals surface area (Å²) in [5.74, 6) is 0. The van der Waals surface area contributed by atoms with Crippen LogP contribution < -0.4 is 0 Å². The molecule has 0 spiro atoms. The van der Waals surface area contributed by atoms with E-state index in [1.807, 2.05) is 20.1 Å². The standard InChI is InChI=1S/C5H10NOS/c1-5(2)6(4-7)8-3/h5H,1-3H3. The van der Waals surface area contributed by atoms with Gasteiger partial charge in [-0.1, -0.05) is 11.9 Å². The lowest BCUT2D eigenvalue weighted by Crippen LogP contribution is -2.20. The molecular formula is C5H10NOS. The Kier molecular flexibility index (Phi) is 3.69. The molecule has 0 rings (SSSR count). The second kappa shape index (κ2) is 3.78. The van der Waals surface area contributed by atoms with E-state index in [4.69, 9.17) is 0 Å². The highest BCUT2D eigenvalue weighted by Crippen LogP contribution is 2.05. The van der Waals surface area contributed by atoms with Gasteiger partial charge in [-0.05, 0) is 13.8 Å². The van der Waals surface area contributed by atoms with Gasteiger partial charge in [-0.3, -0.25) is 9.10 Å². The van der Waals surface area contributed by atoms with Crippen LogP contribution in [0.5, 0.6) is 0 Å². The molecule has 1 radical (unpaired) electrons. The van der Waals surface area contributed by atoms with Crippen molar-refractivity contribution in [1.82, 2.24) is 4.31 Å². The predicted molar refractivity (Wildman–Crippen MR) is 36.2 cm³/mol. The van der Waals surface area contributed by atoms with E-state index in [-0.39, 0.29) is 6.04 Å². The molecule has 0 saturated carbocycles. The van der Waals surface area contributed by atoms with Crippen molar-refractivity contribution in [2.45, 2.75) is 19.9 Å². The van der Waals surface area contributed by atoms with Gasteiger partial charge in [0.2, 0.25) is 0 Å². The first-order valence-electron chi connectivity index (χ1n) is 2.43. The minimum atomic E-state index is 0.252. The van der Waals surface area contributed by atoms with Crippen LogP contribution in [-0.4, -0.2) is 23.0 Å². The highest BCUT2D eigenvalue weighted by Gasteiger charge is 2.02. The van der Waals surface area contributed by atoms with Gasteiger partial charge in [0.25, 0.3) is 0 Å². The lowest BCUT2D eigenvalue weighted by atomic mass is 10.4. The summed E-state index contributed by atoms with van der Waals surface area (Å²) < 4.78 is 1.53. The molecule has 0 saturated heterocycles. The van der Waals surface area contributed by atoms with E-state index < -0.39 is 0 Å². The smallest absolute Gasteiger partial charge is 0.276 e. The molecule has 0 aromatic carbocycles. The molecule has 47 valence electrons. The summed E-state index contributed by atoms with van der Waals surface area (Å²) in [7, 11) is 0. The summed E-state index contributed by atoms with van der Waals surface area (Å²) >= 11 is 1.39. The van der Waals surface area contributed by atoms with Crippen LogP contribution in [-0.2, 0) is 4.79 Å². The van der Waals surface area contributed by atoms with Crippen LogP contribution in [0.4, 0.5) is 0 Å². The van der Waals surface area contributed by atoms with E-state index in [2.05, 4.69) is 0 Å². The van der Waals surface area contributed by atoms with E-state index in [1.165, 1.54) is 16.3 Å². The fourth-order valence-electron chi connectivity index (χ4n) is 0.353. The maximum Gasteiger partial charge on any atom is 0.323 e. The SMILES string of the molecule is CSN([C]=O)C(C)C. The molecule has 0 aromatic heterocycles. The van der Waals surface area contributed by atoms with Gasteiger partial charge < -0.3 is 0 Å².